The average molecular weight is 1110 g/mol. The first-order valence-corrected chi connectivity index (χ1v) is 27.8. The monoisotopic (exact) mass is 1100 g/mol. The summed E-state index contributed by atoms with van der Waals surface area (Å²) in [5.74, 6) is -7.33. The molecular weight excluding hydrogens is 1020 g/mol. The van der Waals surface area contributed by atoms with Crippen LogP contribution >= 0.6 is 0 Å². The van der Waals surface area contributed by atoms with Crippen LogP contribution in [0.15, 0.2) is 97.2 Å². The Labute approximate surface area is 472 Å². The Morgan fingerprint density at radius 1 is 0.412 bits per heavy atom. The zero-order valence-corrected chi connectivity index (χ0v) is 49.2. The van der Waals surface area contributed by atoms with Crippen LogP contribution in [0.2, 0.25) is 0 Å². The van der Waals surface area contributed by atoms with Crippen LogP contribution in [0.4, 0.5) is 0 Å². The molecule has 0 radical (unpaired) electrons. The molecule has 1 aliphatic heterocycles. The van der Waals surface area contributed by atoms with Gasteiger partial charge in [0.1, 0.15) is 24.2 Å². The Morgan fingerprint density at radius 3 is 1.11 bits per heavy atom. The van der Waals surface area contributed by atoms with Crippen LogP contribution < -0.4 is 0 Å². The molecule has 18 heteroatoms. The summed E-state index contributed by atoms with van der Waals surface area (Å²) in [5, 5.41) is 4.55. The molecule has 0 saturated carbocycles. The Hall–Kier alpha value is -7.37. The molecule has 0 bridgehead atoms. The summed E-state index contributed by atoms with van der Waals surface area (Å²) in [5.41, 5.74) is 4.08. The molecule has 1 fully saturated rings. The first kappa shape index (κ1) is 63.5. The molecular formula is C62H84N6O12. The number of hydrogen-bond donors (Lipinski definition) is 0. The third-order valence-corrected chi connectivity index (χ3v) is 14.3. The van der Waals surface area contributed by atoms with Gasteiger partial charge in [0.15, 0.2) is 24.4 Å². The largest absolute Gasteiger partial charge is 0.451 e. The minimum absolute atomic E-state index is 0.0843. The smallest absolute Gasteiger partial charge is 0.329 e. The summed E-state index contributed by atoms with van der Waals surface area (Å²) in [6.07, 6.45) is -4.11. The molecule has 1 aromatic heterocycles. The molecule has 0 unspecified atom stereocenters. The minimum atomic E-state index is -1.54. The number of rotatable bonds is 15. The summed E-state index contributed by atoms with van der Waals surface area (Å²) in [4.78, 5) is 121. The van der Waals surface area contributed by atoms with Gasteiger partial charge in [-0.2, -0.15) is 5.10 Å². The highest BCUT2D eigenvalue weighted by atomic mass is 16.6. The maximum Gasteiger partial charge on any atom is 0.329 e. The van der Waals surface area contributed by atoms with Crippen molar-refractivity contribution in [3.63, 3.8) is 0 Å². The van der Waals surface area contributed by atoms with E-state index in [2.05, 4.69) is 5.10 Å². The van der Waals surface area contributed by atoms with Crippen molar-refractivity contribution in [3.05, 3.63) is 114 Å². The number of aromatic nitrogens is 2. The highest BCUT2D eigenvalue weighted by molar-refractivity contribution is 5.94. The Morgan fingerprint density at radius 2 is 0.738 bits per heavy atom. The molecule has 1 aliphatic rings. The van der Waals surface area contributed by atoms with Crippen LogP contribution in [-0.4, -0.2) is 154 Å². The lowest BCUT2D eigenvalue weighted by molar-refractivity contribution is -0.176. The number of esters is 4. The van der Waals surface area contributed by atoms with E-state index in [1.165, 1.54) is 42.0 Å². The number of likely N-dealkylation sites (N-methyl/N-ethyl adjacent to an activating group) is 4. The second kappa shape index (κ2) is 29.2. The fourth-order valence-electron chi connectivity index (χ4n) is 9.79. The van der Waals surface area contributed by atoms with E-state index in [4.69, 9.17) is 18.9 Å². The van der Waals surface area contributed by atoms with Gasteiger partial charge in [0, 0.05) is 47.2 Å². The molecule has 434 valence electrons. The molecule has 3 aromatic carbocycles. The van der Waals surface area contributed by atoms with Crippen molar-refractivity contribution in [2.45, 2.75) is 163 Å². The molecule has 1 saturated heterocycles. The van der Waals surface area contributed by atoms with Crippen LogP contribution in [0.25, 0.3) is 11.3 Å². The molecule has 0 N–H and O–H groups in total. The predicted molar refractivity (Wildman–Crippen MR) is 302 cm³/mol. The number of amides is 4. The van der Waals surface area contributed by atoms with Gasteiger partial charge in [-0.1, -0.05) is 140 Å². The lowest BCUT2D eigenvalue weighted by Gasteiger charge is -2.35. The van der Waals surface area contributed by atoms with Crippen LogP contribution in [0.3, 0.4) is 0 Å². The Balaban J connectivity index is 1.58. The van der Waals surface area contributed by atoms with E-state index in [1.54, 1.807) is 36.5 Å². The Kier molecular flexibility index (Phi) is 23.2. The van der Waals surface area contributed by atoms with Gasteiger partial charge in [0.2, 0.25) is 0 Å². The first-order valence-electron chi connectivity index (χ1n) is 27.8. The fourth-order valence-corrected chi connectivity index (χ4v) is 9.79. The third-order valence-electron chi connectivity index (χ3n) is 14.3. The van der Waals surface area contributed by atoms with Crippen LogP contribution in [0, 0.1) is 23.7 Å². The number of ether oxygens (including phenoxy) is 4. The minimum Gasteiger partial charge on any atom is -0.451 e. The predicted octanol–water partition coefficient (Wildman–Crippen LogP) is 7.58. The summed E-state index contributed by atoms with van der Waals surface area (Å²) >= 11 is 0. The lowest BCUT2D eigenvalue weighted by atomic mass is 9.99. The SMILES string of the molecule is CC(C)C[C@H]1C(=O)O[C@H](Cc2ccc(Cn3nccc3-c3ccccc3)cc2)C(=O)N(C)[C@@H](CC(C)C)C(=O)O[C@H](C)C(=O)N(C)[C@@H](CC(C)C)C(=O)O[C@H](Cc2ccccc2)C(=O)N(C)[C@@H](CC(C)C)C(=O)O[C@H](C)C(=O)N1C. The van der Waals surface area contributed by atoms with Gasteiger partial charge < -0.3 is 38.5 Å². The molecule has 18 nitrogen and oxygen atoms in total. The van der Waals surface area contributed by atoms with Crippen molar-refractivity contribution in [3.8, 4) is 11.3 Å². The molecule has 8 atom stereocenters. The van der Waals surface area contributed by atoms with Gasteiger partial charge in [0.05, 0.1) is 12.2 Å². The van der Waals surface area contributed by atoms with E-state index < -0.39 is 96.1 Å². The van der Waals surface area contributed by atoms with Crippen molar-refractivity contribution in [1.82, 2.24) is 29.4 Å². The molecule has 5 rings (SSSR count). The third kappa shape index (κ3) is 17.3. The highest BCUT2D eigenvalue weighted by Crippen LogP contribution is 2.25. The first-order chi connectivity index (χ1) is 37.8. The maximum atomic E-state index is 15.1. The quantitative estimate of drug-likeness (QED) is 0.0833. The standard InChI is InChI=1S/C62H84N6O12/c1-38(2)31-49-59(73)77-43(10)56(70)65(12)52(34-41(7)8)62(76)80-54(36-45-25-27-46(28-26-45)37-68-48(29-30-63-68)47-23-19-16-20-24-47)58(72)67(14)50(32-39(3)4)60(74)78-42(9)55(69)64(11)51(33-40(5)6)61(75)79-53(57(71)66(49)13)35-44-21-17-15-18-22-44/h15-30,38-43,49-54H,31-37H2,1-14H3/t42-,43-,49+,50+,51+,52+,53-,54-/m1/s1. The van der Waals surface area contributed by atoms with Gasteiger partial charge in [0.25, 0.3) is 23.6 Å². The van der Waals surface area contributed by atoms with Crippen molar-refractivity contribution in [2.24, 2.45) is 23.7 Å². The molecule has 4 aromatic rings. The normalized spacial score (nSPS) is 23.2. The second-order valence-corrected chi connectivity index (χ2v) is 22.8. The van der Waals surface area contributed by atoms with Gasteiger partial charge in [-0.15, -0.1) is 0 Å². The number of cyclic esters (lactones) is 4. The fraction of sp³-hybridized carbons (Fsp3) is 0.532. The summed E-state index contributed by atoms with van der Waals surface area (Å²) < 4.78 is 26.0. The number of hydrogen-bond acceptors (Lipinski definition) is 13. The highest BCUT2D eigenvalue weighted by Gasteiger charge is 2.43. The summed E-state index contributed by atoms with van der Waals surface area (Å²) in [6, 6.07) is 23.0. The van der Waals surface area contributed by atoms with Gasteiger partial charge in [-0.3, -0.25) is 23.9 Å². The molecule has 0 spiro atoms. The van der Waals surface area contributed by atoms with Crippen LogP contribution in [-0.2, 0) is 76.7 Å². The number of carbonyl (C=O) groups is 8. The van der Waals surface area contributed by atoms with Crippen molar-refractivity contribution < 1.29 is 57.3 Å². The van der Waals surface area contributed by atoms with Gasteiger partial charge in [-0.25, -0.2) is 19.2 Å². The molecule has 80 heavy (non-hydrogen) atoms. The van der Waals surface area contributed by atoms with E-state index in [9.17, 15) is 33.6 Å². The molecule has 4 amide bonds. The second-order valence-electron chi connectivity index (χ2n) is 22.8. The van der Waals surface area contributed by atoms with Crippen molar-refractivity contribution >= 4 is 47.5 Å². The lowest BCUT2D eigenvalue weighted by Crippen LogP contribution is -2.55. The van der Waals surface area contributed by atoms with E-state index in [-0.39, 0.29) is 62.2 Å². The molecule has 0 aliphatic carbocycles. The van der Waals surface area contributed by atoms with Crippen molar-refractivity contribution in [1.29, 1.82) is 0 Å². The Bertz CT molecular complexity index is 2710. The zero-order valence-electron chi connectivity index (χ0n) is 49.2. The summed E-state index contributed by atoms with van der Waals surface area (Å²) in [7, 11) is 5.58. The van der Waals surface area contributed by atoms with Gasteiger partial charge >= 0.3 is 23.9 Å². The number of benzene rings is 3. The number of nitrogens with zero attached hydrogens (tertiary/aromatic N) is 6. The maximum absolute atomic E-state index is 15.1. The van der Waals surface area contributed by atoms with E-state index in [0.29, 0.717) is 17.7 Å². The molecule has 2 heterocycles. The summed E-state index contributed by atoms with van der Waals surface area (Å²) in [6.45, 7) is 18.0. The van der Waals surface area contributed by atoms with E-state index in [1.807, 2.05) is 121 Å². The van der Waals surface area contributed by atoms with Gasteiger partial charge in [-0.05, 0) is 91.5 Å². The topological polar surface area (TPSA) is 204 Å². The zero-order chi connectivity index (χ0) is 59.1. The van der Waals surface area contributed by atoms with Crippen molar-refractivity contribution in [2.75, 3.05) is 28.2 Å². The average Bonchev–Trinajstić information content (AvgIpc) is 3.89. The van der Waals surface area contributed by atoms with E-state index >= 15 is 4.79 Å². The van der Waals surface area contributed by atoms with E-state index in [0.717, 1.165) is 36.4 Å². The van der Waals surface area contributed by atoms with Crippen LogP contribution in [0.1, 0.15) is 112 Å². The van der Waals surface area contributed by atoms with Crippen LogP contribution in [0.5, 0.6) is 0 Å². The number of carbonyl (C=O) groups excluding carboxylic acids is 8.